The van der Waals surface area contributed by atoms with Crippen molar-refractivity contribution in [3.8, 4) is 0 Å². The number of benzene rings is 1. The lowest BCUT2D eigenvalue weighted by molar-refractivity contribution is 0.195. The van der Waals surface area contributed by atoms with Crippen molar-refractivity contribution in [3.63, 3.8) is 0 Å². The molecular formula is C16H20N2O2. The van der Waals surface area contributed by atoms with Crippen LogP contribution in [0.5, 0.6) is 0 Å². The smallest absolute Gasteiger partial charge is 0.258 e. The molecule has 20 heavy (non-hydrogen) atoms. The van der Waals surface area contributed by atoms with E-state index in [1.165, 1.54) is 0 Å². The second kappa shape index (κ2) is 5.29. The van der Waals surface area contributed by atoms with Crippen LogP contribution < -0.4 is 10.9 Å². The monoisotopic (exact) mass is 272 g/mol. The van der Waals surface area contributed by atoms with E-state index in [-0.39, 0.29) is 11.6 Å². The molecule has 1 atom stereocenters. The molecule has 0 saturated carbocycles. The van der Waals surface area contributed by atoms with Gasteiger partial charge in [0, 0.05) is 29.9 Å². The average molecular weight is 272 g/mol. The van der Waals surface area contributed by atoms with Gasteiger partial charge in [-0.15, -0.1) is 0 Å². The van der Waals surface area contributed by atoms with Crippen molar-refractivity contribution < 1.29 is 4.74 Å². The molecule has 1 unspecified atom stereocenters. The summed E-state index contributed by atoms with van der Waals surface area (Å²) in [4.78, 5) is 12.5. The summed E-state index contributed by atoms with van der Waals surface area (Å²) < 4.78 is 7.13. The normalized spacial score (nSPS) is 18.9. The Hall–Kier alpha value is -1.81. The second-order valence-electron chi connectivity index (χ2n) is 5.63. The molecule has 0 amide bonds. The van der Waals surface area contributed by atoms with Crippen molar-refractivity contribution in [1.29, 1.82) is 0 Å². The zero-order valence-corrected chi connectivity index (χ0v) is 11.9. The van der Waals surface area contributed by atoms with Crippen LogP contribution in [0.3, 0.4) is 0 Å². The van der Waals surface area contributed by atoms with Gasteiger partial charge in [-0.05, 0) is 43.9 Å². The molecule has 4 nitrogen and oxygen atoms in total. The Bertz CT molecular complexity index is 670. The molecule has 1 N–H and O–H groups in total. The second-order valence-corrected chi connectivity index (χ2v) is 5.63. The summed E-state index contributed by atoms with van der Waals surface area (Å²) in [5, 5.41) is 5.19. The van der Waals surface area contributed by atoms with E-state index < -0.39 is 0 Å². The van der Waals surface area contributed by atoms with Gasteiger partial charge in [0.05, 0.1) is 12.6 Å². The molecule has 2 aromatic rings. The van der Waals surface area contributed by atoms with Crippen molar-refractivity contribution >= 4 is 16.5 Å². The zero-order chi connectivity index (χ0) is 14.1. The molecule has 0 bridgehead atoms. The first-order valence-electron chi connectivity index (χ1n) is 7.14. The van der Waals surface area contributed by atoms with Gasteiger partial charge in [-0.25, -0.2) is 0 Å². The molecule has 4 heteroatoms. The van der Waals surface area contributed by atoms with Crippen molar-refractivity contribution in [2.24, 2.45) is 0 Å². The van der Waals surface area contributed by atoms with Gasteiger partial charge in [-0.3, -0.25) is 4.79 Å². The summed E-state index contributed by atoms with van der Waals surface area (Å²) in [5.74, 6) is 0. The van der Waals surface area contributed by atoms with E-state index >= 15 is 0 Å². The number of aromatic nitrogens is 1. The lowest BCUT2D eigenvalue weighted by atomic mass is 10.1. The van der Waals surface area contributed by atoms with Crippen LogP contribution in [0.25, 0.3) is 10.8 Å². The molecule has 0 radical (unpaired) electrons. The highest BCUT2D eigenvalue weighted by molar-refractivity contribution is 5.84. The first kappa shape index (κ1) is 13.2. The van der Waals surface area contributed by atoms with Crippen molar-refractivity contribution in [3.05, 3.63) is 40.8 Å². The van der Waals surface area contributed by atoms with E-state index in [4.69, 9.17) is 4.74 Å². The standard InChI is InChI=1S/C16H20N2O2/c1-11(2)18-7-5-12-3-4-13(9-15(12)16(18)19)17-14-6-8-20-10-14/h3-5,7,9,11,14,17H,6,8,10H2,1-2H3. The molecule has 1 aliphatic heterocycles. The van der Waals surface area contributed by atoms with Crippen LogP contribution in [0.4, 0.5) is 5.69 Å². The van der Waals surface area contributed by atoms with Gasteiger partial charge >= 0.3 is 0 Å². The fraction of sp³-hybridized carbons (Fsp3) is 0.438. The van der Waals surface area contributed by atoms with Gasteiger partial charge in [0.1, 0.15) is 0 Å². The van der Waals surface area contributed by atoms with Crippen molar-refractivity contribution in [1.82, 2.24) is 4.57 Å². The predicted molar refractivity (Wildman–Crippen MR) is 81.4 cm³/mol. The minimum atomic E-state index is 0.0730. The Morgan fingerprint density at radius 2 is 2.20 bits per heavy atom. The van der Waals surface area contributed by atoms with Crippen LogP contribution >= 0.6 is 0 Å². The van der Waals surface area contributed by atoms with Gasteiger partial charge in [-0.2, -0.15) is 0 Å². The SMILES string of the molecule is CC(C)n1ccc2ccc(NC3CCOC3)cc2c1=O. The van der Waals surface area contributed by atoms with E-state index in [0.29, 0.717) is 6.04 Å². The Balaban J connectivity index is 2.00. The third-order valence-electron chi connectivity index (χ3n) is 3.79. The van der Waals surface area contributed by atoms with Crippen LogP contribution in [-0.4, -0.2) is 23.8 Å². The summed E-state index contributed by atoms with van der Waals surface area (Å²) >= 11 is 0. The highest BCUT2D eigenvalue weighted by Crippen LogP contribution is 2.19. The van der Waals surface area contributed by atoms with E-state index in [9.17, 15) is 4.79 Å². The molecule has 3 rings (SSSR count). The number of ether oxygens (including phenoxy) is 1. The topological polar surface area (TPSA) is 43.3 Å². The Morgan fingerprint density at radius 1 is 1.35 bits per heavy atom. The van der Waals surface area contributed by atoms with Crippen LogP contribution in [0, 0.1) is 0 Å². The van der Waals surface area contributed by atoms with Crippen molar-refractivity contribution in [2.45, 2.75) is 32.4 Å². The molecule has 0 spiro atoms. The molecule has 1 aliphatic rings. The fourth-order valence-electron chi connectivity index (χ4n) is 2.63. The maximum Gasteiger partial charge on any atom is 0.258 e. The average Bonchev–Trinajstić information content (AvgIpc) is 2.92. The van der Waals surface area contributed by atoms with Gasteiger partial charge in [0.25, 0.3) is 5.56 Å². The summed E-state index contributed by atoms with van der Waals surface area (Å²) in [6, 6.07) is 8.50. The number of pyridine rings is 1. The first-order valence-corrected chi connectivity index (χ1v) is 7.14. The Morgan fingerprint density at radius 3 is 2.90 bits per heavy atom. The minimum absolute atomic E-state index is 0.0730. The van der Waals surface area contributed by atoms with Gasteiger partial charge < -0.3 is 14.6 Å². The van der Waals surface area contributed by atoms with E-state index in [0.717, 1.165) is 36.1 Å². The molecule has 1 aromatic carbocycles. The van der Waals surface area contributed by atoms with E-state index in [1.807, 2.05) is 44.3 Å². The molecule has 1 fully saturated rings. The maximum absolute atomic E-state index is 12.5. The van der Waals surface area contributed by atoms with Crippen LogP contribution in [0.1, 0.15) is 26.3 Å². The van der Waals surface area contributed by atoms with Gasteiger partial charge in [-0.1, -0.05) is 6.07 Å². The zero-order valence-electron chi connectivity index (χ0n) is 11.9. The number of hydrogen-bond acceptors (Lipinski definition) is 3. The van der Waals surface area contributed by atoms with Gasteiger partial charge in [0.15, 0.2) is 0 Å². The first-order chi connectivity index (χ1) is 9.65. The third kappa shape index (κ3) is 2.43. The molecule has 2 heterocycles. The van der Waals surface area contributed by atoms with Gasteiger partial charge in [0.2, 0.25) is 0 Å². The number of fused-ring (bicyclic) bond motifs is 1. The number of nitrogens with zero attached hydrogens (tertiary/aromatic N) is 1. The van der Waals surface area contributed by atoms with E-state index in [2.05, 4.69) is 5.32 Å². The minimum Gasteiger partial charge on any atom is -0.380 e. The number of anilines is 1. The fourth-order valence-corrected chi connectivity index (χ4v) is 2.63. The highest BCUT2D eigenvalue weighted by atomic mass is 16.5. The Kier molecular flexibility index (Phi) is 3.49. The highest BCUT2D eigenvalue weighted by Gasteiger charge is 2.15. The van der Waals surface area contributed by atoms with Crippen LogP contribution in [0.2, 0.25) is 0 Å². The van der Waals surface area contributed by atoms with Crippen LogP contribution in [0.15, 0.2) is 35.3 Å². The number of nitrogens with one attached hydrogen (secondary N) is 1. The summed E-state index contributed by atoms with van der Waals surface area (Å²) in [6.45, 7) is 5.59. The predicted octanol–water partition coefficient (Wildman–Crippen LogP) is 2.78. The number of hydrogen-bond donors (Lipinski definition) is 1. The molecular weight excluding hydrogens is 252 g/mol. The lowest BCUT2D eigenvalue weighted by Crippen LogP contribution is -2.22. The quantitative estimate of drug-likeness (QED) is 0.934. The summed E-state index contributed by atoms with van der Waals surface area (Å²) in [6.07, 6.45) is 2.89. The van der Waals surface area contributed by atoms with Crippen molar-refractivity contribution in [2.75, 3.05) is 18.5 Å². The molecule has 0 aliphatic carbocycles. The third-order valence-corrected chi connectivity index (χ3v) is 3.79. The summed E-state index contributed by atoms with van der Waals surface area (Å²) in [7, 11) is 0. The Labute approximate surface area is 118 Å². The van der Waals surface area contributed by atoms with Crippen LogP contribution in [-0.2, 0) is 4.74 Å². The number of rotatable bonds is 3. The van der Waals surface area contributed by atoms with E-state index in [1.54, 1.807) is 4.57 Å². The molecule has 106 valence electrons. The largest absolute Gasteiger partial charge is 0.380 e. The molecule has 1 saturated heterocycles. The summed E-state index contributed by atoms with van der Waals surface area (Å²) in [5.41, 5.74) is 1.07. The molecule has 1 aromatic heterocycles. The maximum atomic E-state index is 12.5. The lowest BCUT2D eigenvalue weighted by Gasteiger charge is -2.14.